The summed E-state index contributed by atoms with van der Waals surface area (Å²) in [6.07, 6.45) is 0. The summed E-state index contributed by atoms with van der Waals surface area (Å²) in [5, 5.41) is 0. The second-order valence-electron chi connectivity index (χ2n) is 5.65. The summed E-state index contributed by atoms with van der Waals surface area (Å²) < 4.78 is 91.4. The molecule has 0 aliphatic carbocycles. The fourth-order valence-corrected chi connectivity index (χ4v) is 2.61. The zero-order chi connectivity index (χ0) is 17.6. The van der Waals surface area contributed by atoms with Crippen molar-refractivity contribution in [2.24, 2.45) is 4.40 Å². The number of halogens is 6. The van der Waals surface area contributed by atoms with Crippen LogP contribution in [0.2, 0.25) is 0 Å². The Bertz CT molecular complexity index is 621. The molecule has 0 unspecified atom stereocenters. The lowest BCUT2D eigenvalue weighted by Gasteiger charge is -2.40. The van der Waals surface area contributed by atoms with Crippen LogP contribution in [-0.2, 0) is 11.4 Å². The number of rotatable bonds is 3. The molecule has 0 saturated heterocycles. The average molecular weight is 367 g/mol. The number of hydrogen-bond donors (Lipinski definition) is 0. The van der Waals surface area contributed by atoms with Crippen LogP contribution in [0.15, 0.2) is 27.5 Å². The Hall–Kier alpha value is -0.870. The van der Waals surface area contributed by atoms with Crippen LogP contribution in [0.3, 0.4) is 0 Å². The van der Waals surface area contributed by atoms with Gasteiger partial charge in [-0.1, -0.05) is 23.8 Å². The summed E-state index contributed by atoms with van der Waals surface area (Å²) in [6.45, 7) is 6.05. The van der Waals surface area contributed by atoms with Crippen molar-refractivity contribution < 1.29 is 28.4 Å². The quantitative estimate of drug-likeness (QED) is 0.380. The van der Waals surface area contributed by atoms with Crippen molar-refractivity contribution in [1.82, 2.24) is 0 Å². The largest absolute Gasteiger partial charge is 0.591 e. The molecule has 0 bridgehead atoms. The van der Waals surface area contributed by atoms with Crippen molar-refractivity contribution in [2.75, 3.05) is 0 Å². The van der Waals surface area contributed by atoms with E-state index in [4.69, 9.17) is 0 Å². The lowest BCUT2D eigenvalue weighted by Crippen LogP contribution is -2.26. The second kappa shape index (κ2) is 4.81. The topological polar surface area (TPSA) is 35.4 Å². The van der Waals surface area contributed by atoms with Gasteiger partial charge in [-0.15, -0.1) is 0 Å². The van der Waals surface area contributed by atoms with Crippen LogP contribution >= 0.6 is 10.2 Å². The number of hydrogen-bond acceptors (Lipinski definition) is 2. The zero-order valence-corrected chi connectivity index (χ0v) is 13.8. The van der Waals surface area contributed by atoms with Gasteiger partial charge in [-0.25, -0.2) is 4.39 Å². The third-order valence-corrected chi connectivity index (χ3v) is 5.15. The molecule has 22 heavy (non-hydrogen) atoms. The monoisotopic (exact) mass is 367 g/mol. The molecule has 0 fully saturated rings. The van der Waals surface area contributed by atoms with Crippen LogP contribution in [0.5, 0.6) is 0 Å². The Morgan fingerprint density at radius 3 is 2.00 bits per heavy atom. The highest BCUT2D eigenvalue weighted by Crippen LogP contribution is 3.02. The molecule has 0 saturated carbocycles. The molecule has 0 aliphatic rings. The Morgan fingerprint density at radius 1 is 1.14 bits per heavy atom. The smallest absolute Gasteiger partial charge is 0.310 e. The lowest BCUT2D eigenvalue weighted by molar-refractivity contribution is 0.363. The Kier molecular flexibility index (Phi) is 4.19. The van der Waals surface area contributed by atoms with Crippen LogP contribution in [0.4, 0.5) is 23.8 Å². The van der Waals surface area contributed by atoms with E-state index in [1.165, 1.54) is 6.92 Å². The second-order valence-corrected chi connectivity index (χ2v) is 9.96. The molecule has 0 aromatic heterocycles. The van der Waals surface area contributed by atoms with E-state index in [-0.39, 0.29) is 17.8 Å². The first-order valence-electron chi connectivity index (χ1n) is 5.93. The summed E-state index contributed by atoms with van der Waals surface area (Å²) in [7, 11) is -9.93. The predicted octanol–water partition coefficient (Wildman–Crippen LogP) is 5.75. The van der Waals surface area contributed by atoms with Gasteiger partial charge < -0.3 is 4.55 Å². The molecule has 0 radical (unpaired) electrons. The third kappa shape index (κ3) is 4.82. The molecule has 10 heteroatoms. The predicted molar refractivity (Wildman–Crippen MR) is 77.9 cm³/mol. The SMILES string of the molecule is CC(=N[S@+]([O-])C(C)(C)C)c1ccc(S(F)(F)(F)(F)F)cc1F. The van der Waals surface area contributed by atoms with Gasteiger partial charge in [0.15, 0.2) is 0 Å². The molecule has 0 aliphatic heterocycles. The Morgan fingerprint density at radius 2 is 1.64 bits per heavy atom. The van der Waals surface area contributed by atoms with Gasteiger partial charge in [0.1, 0.15) is 26.8 Å². The maximum atomic E-state index is 13.7. The first-order valence-corrected chi connectivity index (χ1v) is 8.99. The maximum Gasteiger partial charge on any atom is 0.310 e. The van der Waals surface area contributed by atoms with E-state index >= 15 is 0 Å². The molecule has 1 atom stereocenters. The Labute approximate surface area is 127 Å². The first kappa shape index (κ1) is 19.2. The van der Waals surface area contributed by atoms with E-state index in [2.05, 4.69) is 4.40 Å². The molecule has 0 spiro atoms. The van der Waals surface area contributed by atoms with E-state index in [1.54, 1.807) is 20.8 Å². The molecule has 1 aromatic carbocycles. The van der Waals surface area contributed by atoms with Crippen molar-refractivity contribution >= 4 is 27.3 Å². The Balaban J connectivity index is 3.30. The van der Waals surface area contributed by atoms with Gasteiger partial charge in [-0.05, 0) is 45.9 Å². The van der Waals surface area contributed by atoms with Crippen molar-refractivity contribution in [1.29, 1.82) is 0 Å². The number of nitrogens with zero attached hydrogens (tertiary/aromatic N) is 1. The average Bonchev–Trinajstić information content (AvgIpc) is 2.23. The first-order chi connectivity index (χ1) is 9.41. The van der Waals surface area contributed by atoms with E-state index < -0.39 is 42.6 Å². The van der Waals surface area contributed by atoms with Crippen molar-refractivity contribution in [2.45, 2.75) is 37.3 Å². The van der Waals surface area contributed by atoms with Crippen molar-refractivity contribution in [3.05, 3.63) is 29.6 Å². The molecular weight excluding hydrogens is 352 g/mol. The molecule has 0 N–H and O–H groups in total. The van der Waals surface area contributed by atoms with Gasteiger partial charge in [-0.2, -0.15) is 0 Å². The minimum Gasteiger partial charge on any atom is -0.591 e. The molecule has 2 nitrogen and oxygen atoms in total. The molecule has 0 heterocycles. The van der Waals surface area contributed by atoms with Crippen LogP contribution in [0.25, 0.3) is 0 Å². The standard InChI is InChI=1S/C12H15F6NOS2/c1-8(19-21(20)12(2,3)4)10-6-5-9(7-11(10)13)22(14,15,16,17)18/h5-7H,1-4H3/t21-/m1/s1. The van der Waals surface area contributed by atoms with Gasteiger partial charge in [0.25, 0.3) is 0 Å². The highest BCUT2D eigenvalue weighted by molar-refractivity contribution is 8.45. The summed E-state index contributed by atoms with van der Waals surface area (Å²) in [5.74, 6) is -1.50. The molecule has 128 valence electrons. The van der Waals surface area contributed by atoms with Gasteiger partial charge in [0.05, 0.1) is 5.71 Å². The van der Waals surface area contributed by atoms with E-state index in [0.717, 1.165) is 0 Å². The highest BCUT2D eigenvalue weighted by atomic mass is 32.5. The van der Waals surface area contributed by atoms with Gasteiger partial charge in [0, 0.05) is 5.56 Å². The molecular formula is C12H15F6NOS2. The summed E-state index contributed by atoms with van der Waals surface area (Å²) in [4.78, 5) is -2.31. The maximum absolute atomic E-state index is 13.7. The van der Waals surface area contributed by atoms with Gasteiger partial charge >= 0.3 is 10.2 Å². The fourth-order valence-electron chi connectivity index (χ4n) is 1.34. The summed E-state index contributed by atoms with van der Waals surface area (Å²) in [6, 6.07) is 0.385. The fraction of sp³-hybridized carbons (Fsp3) is 0.417. The van der Waals surface area contributed by atoms with Crippen molar-refractivity contribution in [3.63, 3.8) is 0 Å². The molecule has 1 aromatic rings. The highest BCUT2D eigenvalue weighted by Gasteiger charge is 2.65. The minimum absolute atomic E-state index is 0.0962. The molecule has 1 rings (SSSR count). The van der Waals surface area contributed by atoms with Crippen LogP contribution in [-0.4, -0.2) is 15.0 Å². The summed E-state index contributed by atoms with van der Waals surface area (Å²) >= 11 is -1.76. The molecule has 0 amide bonds. The number of benzene rings is 1. The van der Waals surface area contributed by atoms with E-state index in [1.807, 2.05) is 0 Å². The lowest BCUT2D eigenvalue weighted by atomic mass is 10.1. The normalized spacial score (nSPS) is 18.6. The zero-order valence-electron chi connectivity index (χ0n) is 12.2. The van der Waals surface area contributed by atoms with Gasteiger partial charge in [-0.3, -0.25) is 0 Å². The van der Waals surface area contributed by atoms with Crippen LogP contribution in [0, 0.1) is 5.82 Å². The van der Waals surface area contributed by atoms with Gasteiger partial charge in [0.2, 0.25) is 0 Å². The van der Waals surface area contributed by atoms with Crippen molar-refractivity contribution in [3.8, 4) is 0 Å². The van der Waals surface area contributed by atoms with Crippen LogP contribution in [0.1, 0.15) is 33.3 Å². The summed E-state index contributed by atoms with van der Waals surface area (Å²) in [5.41, 5.74) is -0.553. The van der Waals surface area contributed by atoms with E-state index in [0.29, 0.717) is 6.07 Å². The van der Waals surface area contributed by atoms with E-state index in [9.17, 15) is 28.4 Å². The minimum atomic E-state index is -9.93. The third-order valence-electron chi connectivity index (χ3n) is 2.52. The van der Waals surface area contributed by atoms with Crippen LogP contribution < -0.4 is 0 Å².